The van der Waals surface area contributed by atoms with E-state index in [0.29, 0.717) is 29.9 Å². The third-order valence-corrected chi connectivity index (χ3v) is 7.34. The number of phenols is 1. The molecule has 5 atom stereocenters. The quantitative estimate of drug-likeness (QED) is 0.795. The molecular formula is C18H24O5S. The number of fused-ring (bicyclic) bond motifs is 5. The molecule has 132 valence electrons. The number of benzene rings is 1. The van der Waals surface area contributed by atoms with Crippen LogP contribution in [0.5, 0.6) is 5.75 Å². The molecule has 0 heterocycles. The van der Waals surface area contributed by atoms with Crippen molar-refractivity contribution in [2.24, 2.45) is 17.3 Å². The van der Waals surface area contributed by atoms with Crippen molar-refractivity contribution >= 4 is 10.4 Å². The molecule has 2 fully saturated rings. The van der Waals surface area contributed by atoms with Crippen LogP contribution in [0.2, 0.25) is 0 Å². The van der Waals surface area contributed by atoms with Gasteiger partial charge in [0.2, 0.25) is 0 Å². The third-order valence-electron chi connectivity index (χ3n) is 6.86. The molecule has 2 saturated carbocycles. The van der Waals surface area contributed by atoms with E-state index in [1.165, 1.54) is 11.1 Å². The van der Waals surface area contributed by atoms with Crippen LogP contribution >= 0.6 is 0 Å². The van der Waals surface area contributed by atoms with Gasteiger partial charge < -0.3 is 5.11 Å². The standard InChI is InChI=1S/C18H24O5S/c1-18-9-8-14-13-5-3-12(19)10-11(13)2-4-15(14)16(18)6-7-17(18)23-24(20,21)22/h3,5,10,14-17,19H,2,4,6-9H2,1H3,(H,20,21,22)/t14-,15-,16+,17-,18+/m1/s1/i12+2. The second-order valence-electron chi connectivity index (χ2n) is 7.93. The number of phenolic OH excluding ortho intramolecular Hbond substituents is 1. The van der Waals surface area contributed by atoms with Gasteiger partial charge in [-0.1, -0.05) is 13.0 Å². The maximum atomic E-state index is 11.2. The van der Waals surface area contributed by atoms with Gasteiger partial charge in [0.25, 0.3) is 0 Å². The fourth-order valence-electron chi connectivity index (χ4n) is 5.83. The molecule has 2 N–H and O–H groups in total. The van der Waals surface area contributed by atoms with Crippen LogP contribution < -0.4 is 0 Å². The first kappa shape index (κ1) is 16.4. The van der Waals surface area contributed by atoms with Crippen LogP contribution in [0.15, 0.2) is 18.2 Å². The van der Waals surface area contributed by atoms with Gasteiger partial charge >= 0.3 is 10.4 Å². The van der Waals surface area contributed by atoms with E-state index in [0.717, 1.165) is 32.1 Å². The Balaban J connectivity index is 1.63. The lowest BCUT2D eigenvalue weighted by molar-refractivity contribution is -0.0121. The smallest absolute Gasteiger partial charge is 0.397 e. The summed E-state index contributed by atoms with van der Waals surface area (Å²) in [5.74, 6) is 1.76. The van der Waals surface area contributed by atoms with Crippen LogP contribution in [0.4, 0.5) is 0 Å². The zero-order valence-corrected chi connectivity index (χ0v) is 14.6. The predicted octanol–water partition coefficient (Wildman–Crippen LogP) is 3.44. The van der Waals surface area contributed by atoms with Crippen LogP contribution in [0.25, 0.3) is 0 Å². The van der Waals surface area contributed by atoms with Crippen molar-refractivity contribution in [3.63, 3.8) is 0 Å². The minimum atomic E-state index is -4.41. The molecule has 0 aliphatic heterocycles. The summed E-state index contributed by atoms with van der Waals surface area (Å²) in [5, 5.41) is 9.72. The van der Waals surface area contributed by atoms with Crippen LogP contribution in [0.3, 0.4) is 0 Å². The van der Waals surface area contributed by atoms with E-state index in [2.05, 4.69) is 13.0 Å². The molecule has 0 bridgehead atoms. The third kappa shape index (κ3) is 2.55. The van der Waals surface area contributed by atoms with Gasteiger partial charge in [0.05, 0.1) is 6.10 Å². The number of rotatable bonds is 2. The van der Waals surface area contributed by atoms with Gasteiger partial charge in [-0.15, -0.1) is 0 Å². The van der Waals surface area contributed by atoms with Gasteiger partial charge in [0.15, 0.2) is 0 Å². The van der Waals surface area contributed by atoms with E-state index in [9.17, 15) is 13.5 Å². The van der Waals surface area contributed by atoms with Crippen LogP contribution in [0, 0.1) is 17.3 Å². The van der Waals surface area contributed by atoms with Crippen molar-refractivity contribution in [1.29, 1.82) is 0 Å². The number of hydrogen-bond donors (Lipinski definition) is 2. The first-order valence-corrected chi connectivity index (χ1v) is 10.1. The van der Waals surface area contributed by atoms with Crippen LogP contribution in [-0.4, -0.2) is 24.2 Å². The largest absolute Gasteiger partial charge is 0.508 e. The zero-order valence-electron chi connectivity index (χ0n) is 13.8. The van der Waals surface area contributed by atoms with E-state index in [1.54, 1.807) is 6.07 Å². The molecule has 24 heavy (non-hydrogen) atoms. The molecule has 0 spiro atoms. The van der Waals surface area contributed by atoms with Crippen molar-refractivity contribution in [2.75, 3.05) is 0 Å². The van der Waals surface area contributed by atoms with Gasteiger partial charge in [-0.05, 0) is 85.0 Å². The summed E-state index contributed by atoms with van der Waals surface area (Å²) < 4.78 is 36.5. The van der Waals surface area contributed by atoms with E-state index in [4.69, 9.17) is 8.74 Å². The normalized spacial score (nSPS) is 38.2. The second-order valence-corrected chi connectivity index (χ2v) is 8.98. The Morgan fingerprint density at radius 1 is 1.29 bits per heavy atom. The molecule has 0 amide bonds. The first-order valence-electron chi connectivity index (χ1n) is 8.75. The Bertz CT molecular complexity index is 759. The Labute approximate surface area is 143 Å². The predicted molar refractivity (Wildman–Crippen MR) is 89.1 cm³/mol. The summed E-state index contributed by atoms with van der Waals surface area (Å²) in [5.41, 5.74) is 2.42. The molecule has 3 aliphatic rings. The van der Waals surface area contributed by atoms with E-state index in [-0.39, 0.29) is 5.41 Å². The second kappa shape index (κ2) is 5.44. The highest BCUT2D eigenvalue weighted by Crippen LogP contribution is 2.61. The number of hydrogen-bond acceptors (Lipinski definition) is 4. The molecular weight excluding hydrogens is 330 g/mol. The molecule has 6 heteroatoms. The first-order chi connectivity index (χ1) is 11.3. The van der Waals surface area contributed by atoms with Crippen molar-refractivity contribution in [2.45, 2.75) is 57.5 Å². The molecule has 0 saturated heterocycles. The Morgan fingerprint density at radius 2 is 2.08 bits per heavy atom. The molecule has 1 aromatic carbocycles. The molecule has 5 nitrogen and oxygen atoms in total. The summed E-state index contributed by atoms with van der Waals surface area (Å²) in [4.78, 5) is 0. The fourth-order valence-corrected chi connectivity index (χ4v) is 6.44. The van der Waals surface area contributed by atoms with Gasteiger partial charge in [-0.3, -0.25) is 4.55 Å². The van der Waals surface area contributed by atoms with Crippen molar-refractivity contribution in [3.8, 4) is 5.75 Å². The zero-order chi connectivity index (χ0) is 17.1. The van der Waals surface area contributed by atoms with E-state index in [1.807, 2.05) is 6.07 Å². The molecule has 1 aromatic rings. The minimum Gasteiger partial charge on any atom is -0.508 e. The summed E-state index contributed by atoms with van der Waals surface area (Å²) in [6, 6.07) is 5.72. The van der Waals surface area contributed by atoms with Crippen molar-refractivity contribution in [3.05, 3.63) is 29.3 Å². The molecule has 4 rings (SSSR count). The minimum absolute atomic E-state index is 0.189. The molecule has 0 aromatic heterocycles. The highest BCUT2D eigenvalue weighted by atomic mass is 32.3. The van der Waals surface area contributed by atoms with E-state index >= 15 is 0 Å². The fraction of sp³-hybridized carbons (Fsp3) is 0.667. The summed E-state index contributed by atoms with van der Waals surface area (Å²) in [7, 11) is -4.41. The van der Waals surface area contributed by atoms with Gasteiger partial charge in [0, 0.05) is 0 Å². The average molecular weight is 354 g/mol. The molecule has 0 unspecified atom stereocenters. The van der Waals surface area contributed by atoms with Gasteiger partial charge in [0.1, 0.15) is 5.75 Å². The highest BCUT2D eigenvalue weighted by Gasteiger charge is 2.56. The Hall–Kier alpha value is -1.11. The lowest BCUT2D eigenvalue weighted by Crippen LogP contribution is -2.45. The molecule has 3 aliphatic carbocycles. The van der Waals surface area contributed by atoms with Gasteiger partial charge in [-0.25, -0.2) is 4.18 Å². The lowest BCUT2D eigenvalue weighted by Gasteiger charge is -2.50. The Kier molecular flexibility index (Phi) is 3.71. The number of aromatic hydroxyl groups is 1. The molecule has 0 radical (unpaired) electrons. The number of aryl methyl sites for hydroxylation is 1. The maximum Gasteiger partial charge on any atom is 0.397 e. The van der Waals surface area contributed by atoms with Crippen LogP contribution in [0.1, 0.15) is 56.1 Å². The average Bonchev–Trinajstić information content (AvgIpc) is 2.82. The summed E-state index contributed by atoms with van der Waals surface area (Å²) in [6.07, 6.45) is 5.15. The van der Waals surface area contributed by atoms with Crippen molar-refractivity contribution < 1.29 is 22.3 Å². The summed E-state index contributed by atoms with van der Waals surface area (Å²) in [6.45, 7) is 2.13. The van der Waals surface area contributed by atoms with Crippen LogP contribution in [-0.2, 0) is 21.0 Å². The monoisotopic (exact) mass is 354 g/mol. The SMILES string of the molecule is C[C@]12CC[C@@H]3c4cc[14c](O)cc4CC[C@H]3[C@@H]1CC[C@H]2OS(=O)(=O)O. The Morgan fingerprint density at radius 3 is 2.83 bits per heavy atom. The summed E-state index contributed by atoms with van der Waals surface area (Å²) >= 11 is 0. The maximum absolute atomic E-state index is 11.2. The van der Waals surface area contributed by atoms with Crippen molar-refractivity contribution in [1.82, 2.24) is 0 Å². The topological polar surface area (TPSA) is 83.8 Å². The van der Waals surface area contributed by atoms with E-state index < -0.39 is 16.5 Å². The van der Waals surface area contributed by atoms with Gasteiger partial charge in [-0.2, -0.15) is 8.42 Å². The highest BCUT2D eigenvalue weighted by molar-refractivity contribution is 7.80. The lowest BCUT2D eigenvalue weighted by atomic mass is 9.55.